The number of benzene rings is 2. The maximum Gasteiger partial charge on any atom is 0.137 e. The number of aromatic nitrogens is 1. The van der Waals surface area contributed by atoms with Crippen molar-refractivity contribution in [3.8, 4) is 22.8 Å². The van der Waals surface area contributed by atoms with Crippen LogP contribution in [0.2, 0.25) is 5.15 Å². The van der Waals surface area contributed by atoms with Crippen LogP contribution >= 0.6 is 11.6 Å². The van der Waals surface area contributed by atoms with Crippen LogP contribution in [-0.2, 0) is 0 Å². The van der Waals surface area contributed by atoms with Gasteiger partial charge in [0.25, 0.3) is 0 Å². The first-order chi connectivity index (χ1) is 10.2. The van der Waals surface area contributed by atoms with Gasteiger partial charge in [-0.2, -0.15) is 0 Å². The summed E-state index contributed by atoms with van der Waals surface area (Å²) in [5, 5.41) is 2.40. The molecule has 0 radical (unpaired) electrons. The van der Waals surface area contributed by atoms with E-state index in [2.05, 4.69) is 4.98 Å². The Morgan fingerprint density at radius 2 is 1.52 bits per heavy atom. The molecular formula is C17H14ClNO2. The SMILES string of the molecule is COc1ccc(-c2cc3cc(OC)ccc3c(Cl)n2)cc1. The summed E-state index contributed by atoms with van der Waals surface area (Å²) in [6, 6.07) is 15.5. The summed E-state index contributed by atoms with van der Waals surface area (Å²) in [4.78, 5) is 4.47. The molecule has 0 N–H and O–H groups in total. The molecular weight excluding hydrogens is 286 g/mol. The number of ether oxygens (including phenoxy) is 2. The number of fused-ring (bicyclic) bond motifs is 1. The average Bonchev–Trinajstić information content (AvgIpc) is 2.54. The Hall–Kier alpha value is -2.26. The molecule has 0 unspecified atom stereocenters. The number of pyridine rings is 1. The van der Waals surface area contributed by atoms with Crippen LogP contribution in [-0.4, -0.2) is 19.2 Å². The molecule has 0 saturated heterocycles. The molecule has 1 aromatic heterocycles. The molecule has 0 saturated carbocycles. The molecule has 106 valence electrons. The summed E-state index contributed by atoms with van der Waals surface area (Å²) in [6.45, 7) is 0. The van der Waals surface area contributed by atoms with Crippen molar-refractivity contribution in [3.63, 3.8) is 0 Å². The molecule has 0 bridgehead atoms. The van der Waals surface area contributed by atoms with Gasteiger partial charge in [-0.1, -0.05) is 11.6 Å². The van der Waals surface area contributed by atoms with Crippen molar-refractivity contribution in [2.75, 3.05) is 14.2 Å². The second-order valence-corrected chi connectivity index (χ2v) is 4.97. The van der Waals surface area contributed by atoms with Gasteiger partial charge in [0.05, 0.1) is 19.9 Å². The van der Waals surface area contributed by atoms with Crippen LogP contribution < -0.4 is 9.47 Å². The van der Waals surface area contributed by atoms with E-state index in [9.17, 15) is 0 Å². The van der Waals surface area contributed by atoms with Crippen LogP contribution in [0, 0.1) is 0 Å². The van der Waals surface area contributed by atoms with E-state index in [1.54, 1.807) is 14.2 Å². The number of hydrogen-bond donors (Lipinski definition) is 0. The minimum atomic E-state index is 0.487. The summed E-state index contributed by atoms with van der Waals surface area (Å²) in [5.74, 6) is 1.61. The Morgan fingerprint density at radius 1 is 0.857 bits per heavy atom. The third-order valence-corrected chi connectivity index (χ3v) is 3.67. The summed E-state index contributed by atoms with van der Waals surface area (Å²) in [6.07, 6.45) is 0. The monoisotopic (exact) mass is 299 g/mol. The first kappa shape index (κ1) is 13.7. The maximum atomic E-state index is 6.29. The lowest BCUT2D eigenvalue weighted by Crippen LogP contribution is -1.89. The molecule has 2 aromatic carbocycles. The van der Waals surface area contributed by atoms with Gasteiger partial charge in [-0.15, -0.1) is 0 Å². The van der Waals surface area contributed by atoms with Crippen LogP contribution in [0.5, 0.6) is 11.5 Å². The van der Waals surface area contributed by atoms with Gasteiger partial charge in [0.2, 0.25) is 0 Å². The fraction of sp³-hybridized carbons (Fsp3) is 0.118. The Bertz CT molecular complexity index is 785. The zero-order valence-corrected chi connectivity index (χ0v) is 12.5. The van der Waals surface area contributed by atoms with E-state index < -0.39 is 0 Å². The Kier molecular flexibility index (Phi) is 3.67. The van der Waals surface area contributed by atoms with Crippen molar-refractivity contribution >= 4 is 22.4 Å². The molecule has 0 aliphatic carbocycles. The first-order valence-corrected chi connectivity index (χ1v) is 6.88. The molecule has 1 heterocycles. The Labute approximate surface area is 128 Å². The van der Waals surface area contributed by atoms with Crippen molar-refractivity contribution in [3.05, 3.63) is 53.7 Å². The van der Waals surface area contributed by atoms with E-state index >= 15 is 0 Å². The van der Waals surface area contributed by atoms with E-state index in [0.717, 1.165) is 33.5 Å². The van der Waals surface area contributed by atoms with Gasteiger partial charge >= 0.3 is 0 Å². The lowest BCUT2D eigenvalue weighted by atomic mass is 10.1. The van der Waals surface area contributed by atoms with Gasteiger partial charge in [-0.25, -0.2) is 4.98 Å². The standard InChI is InChI=1S/C17H14ClNO2/c1-20-13-5-3-11(4-6-13)16-10-12-9-14(21-2)7-8-15(12)17(18)19-16/h3-10H,1-2H3. The largest absolute Gasteiger partial charge is 0.497 e. The Morgan fingerprint density at radius 3 is 2.19 bits per heavy atom. The third-order valence-electron chi connectivity index (χ3n) is 3.38. The summed E-state index contributed by atoms with van der Waals surface area (Å²) >= 11 is 6.29. The number of hydrogen-bond acceptors (Lipinski definition) is 3. The van der Waals surface area contributed by atoms with Crippen LogP contribution in [0.3, 0.4) is 0 Å². The van der Waals surface area contributed by atoms with E-state index in [4.69, 9.17) is 21.1 Å². The van der Waals surface area contributed by atoms with Crippen molar-refractivity contribution in [1.29, 1.82) is 0 Å². The predicted octanol–water partition coefficient (Wildman–Crippen LogP) is 4.57. The molecule has 0 aliphatic rings. The highest BCUT2D eigenvalue weighted by atomic mass is 35.5. The van der Waals surface area contributed by atoms with Crippen LogP contribution in [0.1, 0.15) is 0 Å². The minimum absolute atomic E-state index is 0.487. The first-order valence-electron chi connectivity index (χ1n) is 6.50. The molecule has 0 aliphatic heterocycles. The molecule has 0 amide bonds. The van der Waals surface area contributed by atoms with Crippen molar-refractivity contribution in [2.24, 2.45) is 0 Å². The number of methoxy groups -OCH3 is 2. The summed E-state index contributed by atoms with van der Waals surface area (Å²) in [5.41, 5.74) is 1.81. The van der Waals surface area contributed by atoms with Gasteiger partial charge in [0.15, 0.2) is 0 Å². The van der Waals surface area contributed by atoms with Gasteiger partial charge in [-0.05, 0) is 53.9 Å². The van der Waals surface area contributed by atoms with Crippen LogP contribution in [0.25, 0.3) is 22.0 Å². The second kappa shape index (κ2) is 5.62. The quantitative estimate of drug-likeness (QED) is 0.664. The highest BCUT2D eigenvalue weighted by Gasteiger charge is 2.07. The molecule has 0 atom stereocenters. The van der Waals surface area contributed by atoms with Crippen LogP contribution in [0.15, 0.2) is 48.5 Å². The average molecular weight is 300 g/mol. The van der Waals surface area contributed by atoms with Gasteiger partial charge in [0, 0.05) is 10.9 Å². The molecule has 3 nitrogen and oxygen atoms in total. The number of nitrogens with zero attached hydrogens (tertiary/aromatic N) is 1. The highest BCUT2D eigenvalue weighted by molar-refractivity contribution is 6.34. The summed E-state index contributed by atoms with van der Waals surface area (Å²) in [7, 11) is 3.29. The van der Waals surface area contributed by atoms with Gasteiger partial charge in [-0.3, -0.25) is 0 Å². The molecule has 3 aromatic rings. The topological polar surface area (TPSA) is 31.4 Å². The Balaban J connectivity index is 2.13. The van der Waals surface area contributed by atoms with E-state index in [1.165, 1.54) is 0 Å². The maximum absolute atomic E-state index is 6.29. The van der Waals surface area contributed by atoms with Crippen molar-refractivity contribution in [1.82, 2.24) is 4.98 Å². The number of halogens is 1. The smallest absolute Gasteiger partial charge is 0.137 e. The lowest BCUT2D eigenvalue weighted by Gasteiger charge is -2.08. The zero-order chi connectivity index (χ0) is 14.8. The van der Waals surface area contributed by atoms with Gasteiger partial charge < -0.3 is 9.47 Å². The molecule has 21 heavy (non-hydrogen) atoms. The number of rotatable bonds is 3. The molecule has 4 heteroatoms. The third kappa shape index (κ3) is 2.65. The fourth-order valence-corrected chi connectivity index (χ4v) is 2.49. The van der Waals surface area contributed by atoms with Crippen molar-refractivity contribution in [2.45, 2.75) is 0 Å². The predicted molar refractivity (Wildman–Crippen MR) is 85.3 cm³/mol. The van der Waals surface area contributed by atoms with Crippen LogP contribution in [0.4, 0.5) is 0 Å². The van der Waals surface area contributed by atoms with Crippen molar-refractivity contribution < 1.29 is 9.47 Å². The van der Waals surface area contributed by atoms with E-state index in [-0.39, 0.29) is 0 Å². The molecule has 3 rings (SSSR count). The highest BCUT2D eigenvalue weighted by Crippen LogP contribution is 2.30. The summed E-state index contributed by atoms with van der Waals surface area (Å²) < 4.78 is 10.4. The van der Waals surface area contributed by atoms with E-state index in [0.29, 0.717) is 5.15 Å². The second-order valence-electron chi connectivity index (χ2n) is 4.61. The molecule has 0 spiro atoms. The normalized spacial score (nSPS) is 10.6. The molecule has 0 fully saturated rings. The lowest BCUT2D eigenvalue weighted by molar-refractivity contribution is 0.415. The fourth-order valence-electron chi connectivity index (χ4n) is 2.23. The zero-order valence-electron chi connectivity index (χ0n) is 11.8. The van der Waals surface area contributed by atoms with E-state index in [1.807, 2.05) is 48.5 Å². The van der Waals surface area contributed by atoms with Gasteiger partial charge in [0.1, 0.15) is 16.7 Å². The minimum Gasteiger partial charge on any atom is -0.497 e.